The molecule has 2 heterocycles. The average molecular weight is 799 g/mol. The monoisotopic (exact) mass is 798 g/mol. The van der Waals surface area contributed by atoms with E-state index in [1.807, 2.05) is 91.0 Å². The maximum absolute atomic E-state index is 11.8. The number of rotatable bonds is 6. The molecule has 2 aromatic heterocycles. The van der Waals surface area contributed by atoms with Gasteiger partial charge >= 0.3 is 0 Å². The number of phenolic OH excluding ortho intramolecular Hbond substituents is 1. The number of nitrogens with zero attached hydrogens (tertiary/aromatic N) is 4. The van der Waals surface area contributed by atoms with Gasteiger partial charge in [-0.05, 0) is 64.0 Å². The van der Waals surface area contributed by atoms with Crippen LogP contribution < -0.4 is 4.90 Å². The van der Waals surface area contributed by atoms with E-state index < -0.39 is 0 Å². The van der Waals surface area contributed by atoms with Gasteiger partial charge in [-0.25, -0.2) is 4.98 Å². The first-order valence-electron chi connectivity index (χ1n) is 15.6. The summed E-state index contributed by atoms with van der Waals surface area (Å²) in [5, 5.41) is 11.8. The Kier molecular flexibility index (Phi) is 9.79. The topological polar surface area (TPSA) is 62.1 Å². The second-order valence-corrected chi connectivity index (χ2v) is 13.6. The van der Waals surface area contributed by atoms with Crippen LogP contribution in [0.3, 0.4) is 0 Å². The standard InChI is InChI=1S/C41H39N4O.Pt/c1-40(2,3)30-25-33(38(46)34(26-30)41(4,5)6)36-27-35(28-16-9-7-10-17-28)43-39(44-36)29-18-15-21-32(24-29)45(31-19-11-8-12-20-31)37-22-13-14-23-42-37;/h7-23,25-27,46H,1-6H3;/q-1;. The predicted molar refractivity (Wildman–Crippen MR) is 189 cm³/mol. The summed E-state index contributed by atoms with van der Waals surface area (Å²) < 4.78 is 0. The maximum atomic E-state index is 11.8. The van der Waals surface area contributed by atoms with Crippen LogP contribution in [0.25, 0.3) is 33.9 Å². The molecule has 0 radical (unpaired) electrons. The molecule has 6 heteroatoms. The zero-order valence-electron chi connectivity index (χ0n) is 27.6. The van der Waals surface area contributed by atoms with E-state index in [1.54, 1.807) is 6.20 Å². The summed E-state index contributed by atoms with van der Waals surface area (Å²) >= 11 is 0. The van der Waals surface area contributed by atoms with E-state index in [2.05, 4.69) is 81.8 Å². The molecule has 0 saturated heterocycles. The summed E-state index contributed by atoms with van der Waals surface area (Å²) in [6, 6.07) is 41.8. The van der Waals surface area contributed by atoms with Crippen LogP contribution >= 0.6 is 0 Å². The third-order valence-corrected chi connectivity index (χ3v) is 8.01. The number of para-hydroxylation sites is 1. The van der Waals surface area contributed by atoms with Gasteiger partial charge in [0.1, 0.15) is 11.6 Å². The minimum atomic E-state index is -0.271. The maximum Gasteiger partial charge on any atom is 0.136 e. The number of phenols is 1. The molecule has 6 aromatic rings. The van der Waals surface area contributed by atoms with Crippen molar-refractivity contribution in [1.82, 2.24) is 15.0 Å². The van der Waals surface area contributed by atoms with Crippen molar-refractivity contribution in [2.45, 2.75) is 52.4 Å². The first-order valence-corrected chi connectivity index (χ1v) is 15.6. The number of aromatic hydroxyl groups is 1. The van der Waals surface area contributed by atoms with Gasteiger partial charge in [0.2, 0.25) is 0 Å². The van der Waals surface area contributed by atoms with Crippen LogP contribution in [0.5, 0.6) is 5.75 Å². The Hall–Kier alpha value is -4.60. The molecule has 0 amide bonds. The molecule has 0 bridgehead atoms. The molecule has 0 atom stereocenters. The fourth-order valence-corrected chi connectivity index (χ4v) is 5.47. The number of anilines is 3. The molecule has 240 valence electrons. The number of pyridine rings is 1. The molecule has 0 spiro atoms. The molecule has 0 aliphatic carbocycles. The van der Waals surface area contributed by atoms with Gasteiger partial charge in [-0.2, -0.15) is 0 Å². The molecular weight excluding hydrogens is 760 g/mol. The predicted octanol–water partition coefficient (Wildman–Crippen LogP) is 10.4. The Morgan fingerprint density at radius 3 is 1.96 bits per heavy atom. The van der Waals surface area contributed by atoms with Gasteiger partial charge in [-0.3, -0.25) is 9.97 Å². The van der Waals surface area contributed by atoms with Crippen LogP contribution in [0.1, 0.15) is 52.7 Å². The fraction of sp³-hybridized carbons (Fsp3) is 0.195. The minimum absolute atomic E-state index is 0. The molecule has 0 unspecified atom stereocenters. The van der Waals surface area contributed by atoms with E-state index in [-0.39, 0.29) is 37.6 Å². The number of hydrogen-bond acceptors (Lipinski definition) is 5. The molecule has 0 aliphatic rings. The molecule has 47 heavy (non-hydrogen) atoms. The zero-order valence-corrected chi connectivity index (χ0v) is 29.9. The van der Waals surface area contributed by atoms with Crippen LogP contribution in [-0.4, -0.2) is 20.1 Å². The quantitative estimate of drug-likeness (QED) is 0.170. The third-order valence-electron chi connectivity index (χ3n) is 8.01. The largest absolute Gasteiger partial charge is 0.507 e. The third kappa shape index (κ3) is 7.37. The van der Waals surface area contributed by atoms with Crippen molar-refractivity contribution in [2.75, 3.05) is 4.90 Å². The summed E-state index contributed by atoms with van der Waals surface area (Å²) in [5.74, 6) is 1.54. The van der Waals surface area contributed by atoms with Crippen molar-refractivity contribution in [3.8, 4) is 39.7 Å². The van der Waals surface area contributed by atoms with E-state index in [4.69, 9.17) is 9.97 Å². The summed E-state index contributed by atoms with van der Waals surface area (Å²) in [5.41, 5.74) is 7.20. The molecular formula is C41H39N4OPt-. The molecule has 0 aliphatic heterocycles. The van der Waals surface area contributed by atoms with Gasteiger partial charge in [0, 0.05) is 44.1 Å². The number of hydrogen-bond donors (Lipinski definition) is 1. The second-order valence-electron chi connectivity index (χ2n) is 13.6. The van der Waals surface area contributed by atoms with Crippen molar-refractivity contribution in [2.24, 2.45) is 0 Å². The van der Waals surface area contributed by atoms with Gasteiger partial charge in [-0.15, -0.1) is 29.8 Å². The van der Waals surface area contributed by atoms with Crippen molar-refractivity contribution < 1.29 is 26.2 Å². The Morgan fingerprint density at radius 2 is 1.32 bits per heavy atom. The fourth-order valence-electron chi connectivity index (χ4n) is 5.47. The van der Waals surface area contributed by atoms with Gasteiger partial charge in [0.15, 0.2) is 0 Å². The van der Waals surface area contributed by atoms with Crippen molar-refractivity contribution in [1.29, 1.82) is 0 Å². The van der Waals surface area contributed by atoms with E-state index in [1.165, 1.54) is 0 Å². The van der Waals surface area contributed by atoms with Crippen LogP contribution in [0, 0.1) is 6.07 Å². The van der Waals surface area contributed by atoms with Crippen LogP contribution in [0.4, 0.5) is 17.2 Å². The van der Waals surface area contributed by atoms with Crippen molar-refractivity contribution >= 4 is 17.2 Å². The zero-order chi connectivity index (χ0) is 32.5. The molecule has 5 nitrogen and oxygen atoms in total. The van der Waals surface area contributed by atoms with Crippen LogP contribution in [0.2, 0.25) is 0 Å². The van der Waals surface area contributed by atoms with E-state index in [0.29, 0.717) is 17.1 Å². The minimum Gasteiger partial charge on any atom is -0.507 e. The Balaban J connectivity index is 0.00000433. The first kappa shape index (κ1) is 33.8. The number of aromatic nitrogens is 3. The normalized spacial score (nSPS) is 11.5. The summed E-state index contributed by atoms with van der Waals surface area (Å²) in [7, 11) is 0. The van der Waals surface area contributed by atoms with Gasteiger partial charge in [0.05, 0.1) is 17.2 Å². The average Bonchev–Trinajstić information content (AvgIpc) is 3.05. The smallest absolute Gasteiger partial charge is 0.136 e. The van der Waals surface area contributed by atoms with Crippen LogP contribution in [-0.2, 0) is 31.9 Å². The summed E-state index contributed by atoms with van der Waals surface area (Å²) in [6.45, 7) is 12.9. The molecule has 6 rings (SSSR count). The van der Waals surface area contributed by atoms with E-state index in [0.717, 1.165) is 45.1 Å². The molecule has 1 N–H and O–H groups in total. The van der Waals surface area contributed by atoms with E-state index in [9.17, 15) is 5.11 Å². The molecule has 0 saturated carbocycles. The SMILES string of the molecule is CC(C)(C)c1cc(-c2cc(-c3ccccc3)nc(-c3[c-]c(N(c4ccccc4)c4ccccn4)ccc3)n2)c(O)c(C(C)(C)C)c1.[Pt]. The van der Waals surface area contributed by atoms with Gasteiger partial charge in [-0.1, -0.05) is 102 Å². The Labute approximate surface area is 292 Å². The number of benzene rings is 4. The van der Waals surface area contributed by atoms with Gasteiger partial charge < -0.3 is 10.0 Å². The van der Waals surface area contributed by atoms with Crippen LogP contribution in [0.15, 0.2) is 121 Å². The van der Waals surface area contributed by atoms with E-state index >= 15 is 0 Å². The molecule has 0 fully saturated rings. The Morgan fingerprint density at radius 1 is 0.660 bits per heavy atom. The first-order chi connectivity index (χ1) is 22.0. The van der Waals surface area contributed by atoms with Gasteiger partial charge in [0.25, 0.3) is 0 Å². The molecule has 4 aromatic carbocycles. The van der Waals surface area contributed by atoms with Crippen molar-refractivity contribution in [3.05, 3.63) is 139 Å². The Bertz CT molecular complexity index is 1930. The second kappa shape index (κ2) is 13.6. The summed E-state index contributed by atoms with van der Waals surface area (Å²) in [6.07, 6.45) is 1.79. The van der Waals surface area contributed by atoms with Crippen molar-refractivity contribution in [3.63, 3.8) is 0 Å². The summed E-state index contributed by atoms with van der Waals surface area (Å²) in [4.78, 5) is 16.9.